The summed E-state index contributed by atoms with van der Waals surface area (Å²) in [5.41, 5.74) is 5.69. The number of pyridine rings is 1. The summed E-state index contributed by atoms with van der Waals surface area (Å²) in [6.45, 7) is 6.13. The van der Waals surface area contributed by atoms with Gasteiger partial charge in [-0.3, -0.25) is 9.59 Å². The SMILES string of the molecule is Cc1ccc(C2C(=C(O)c3nc4c(C)cccn4c3C)C(=O)C(=O)N2CCc2ccccc2)cc1. The predicted molar refractivity (Wildman–Crippen MR) is 135 cm³/mol. The fraction of sp³-hybridized carbons (Fsp3) is 0.207. The van der Waals surface area contributed by atoms with Crippen LogP contribution in [0.15, 0.2) is 78.5 Å². The standard InChI is InChI=1S/C29H27N3O3/c1-18-11-13-22(14-12-18)25-23(26(33)24-20(3)31-16-7-8-19(2)28(31)30-24)27(34)29(35)32(25)17-15-21-9-5-4-6-10-21/h4-14,16,25,33H,15,17H2,1-3H3. The first-order valence-electron chi connectivity index (χ1n) is 11.7. The van der Waals surface area contributed by atoms with Gasteiger partial charge in [0.2, 0.25) is 0 Å². The minimum Gasteiger partial charge on any atom is -0.505 e. The monoisotopic (exact) mass is 465 g/mol. The smallest absolute Gasteiger partial charge is 0.295 e. The molecule has 6 nitrogen and oxygen atoms in total. The molecule has 1 N–H and O–H groups in total. The second-order valence-electron chi connectivity index (χ2n) is 9.07. The lowest BCUT2D eigenvalue weighted by atomic mass is 9.95. The number of ketones is 1. The normalized spacial score (nSPS) is 17.5. The Labute approximate surface area is 204 Å². The van der Waals surface area contributed by atoms with Crippen LogP contribution < -0.4 is 0 Å². The van der Waals surface area contributed by atoms with E-state index in [9.17, 15) is 14.7 Å². The Morgan fingerprint density at radius 2 is 1.66 bits per heavy atom. The second-order valence-corrected chi connectivity index (χ2v) is 9.07. The molecule has 0 saturated carbocycles. The zero-order valence-electron chi connectivity index (χ0n) is 20.0. The number of aryl methyl sites for hydroxylation is 3. The summed E-state index contributed by atoms with van der Waals surface area (Å²) in [6, 6.07) is 20.7. The summed E-state index contributed by atoms with van der Waals surface area (Å²) in [5.74, 6) is -1.53. The van der Waals surface area contributed by atoms with E-state index < -0.39 is 17.7 Å². The molecule has 1 aliphatic heterocycles. The van der Waals surface area contributed by atoms with Crippen molar-refractivity contribution in [3.63, 3.8) is 0 Å². The van der Waals surface area contributed by atoms with Crippen molar-refractivity contribution in [3.8, 4) is 0 Å². The first-order chi connectivity index (χ1) is 16.9. The average Bonchev–Trinajstić information content (AvgIpc) is 3.33. The number of carbonyl (C=O) groups is 2. The van der Waals surface area contributed by atoms with Crippen molar-refractivity contribution in [2.75, 3.05) is 6.54 Å². The highest BCUT2D eigenvalue weighted by Crippen LogP contribution is 2.40. The van der Waals surface area contributed by atoms with Gasteiger partial charge in [0.05, 0.1) is 17.3 Å². The predicted octanol–water partition coefficient (Wildman–Crippen LogP) is 4.92. The topological polar surface area (TPSA) is 74.9 Å². The molecule has 2 aromatic heterocycles. The number of benzene rings is 2. The van der Waals surface area contributed by atoms with Gasteiger partial charge >= 0.3 is 0 Å². The van der Waals surface area contributed by atoms with E-state index in [4.69, 9.17) is 0 Å². The molecule has 0 spiro atoms. The molecular formula is C29H27N3O3. The van der Waals surface area contributed by atoms with Gasteiger partial charge < -0.3 is 14.4 Å². The number of Topliss-reactive ketones (excluding diaryl/α,β-unsaturated/α-hetero) is 1. The van der Waals surface area contributed by atoms with Gasteiger partial charge in [-0.25, -0.2) is 4.98 Å². The zero-order valence-corrected chi connectivity index (χ0v) is 20.0. The summed E-state index contributed by atoms with van der Waals surface area (Å²) >= 11 is 0. The Kier molecular flexibility index (Phi) is 5.73. The largest absolute Gasteiger partial charge is 0.505 e. The van der Waals surface area contributed by atoms with Gasteiger partial charge in [0, 0.05) is 12.7 Å². The number of carbonyl (C=O) groups excluding carboxylic acids is 2. The van der Waals surface area contributed by atoms with Crippen LogP contribution >= 0.6 is 0 Å². The second kappa shape index (κ2) is 8.87. The maximum absolute atomic E-state index is 13.3. The molecule has 0 bridgehead atoms. The van der Waals surface area contributed by atoms with Crippen LogP contribution in [0.5, 0.6) is 0 Å². The zero-order chi connectivity index (χ0) is 24.7. The van der Waals surface area contributed by atoms with Crippen molar-refractivity contribution >= 4 is 23.1 Å². The minimum absolute atomic E-state index is 0.0797. The molecule has 35 heavy (non-hydrogen) atoms. The number of rotatable bonds is 5. The number of amides is 1. The third kappa shape index (κ3) is 3.91. The Morgan fingerprint density at radius 3 is 2.34 bits per heavy atom. The third-order valence-corrected chi connectivity index (χ3v) is 6.73. The summed E-state index contributed by atoms with van der Waals surface area (Å²) in [7, 11) is 0. The first-order valence-corrected chi connectivity index (χ1v) is 11.7. The molecule has 6 heteroatoms. The maximum Gasteiger partial charge on any atom is 0.295 e. The van der Waals surface area contributed by atoms with Gasteiger partial charge in [-0.05, 0) is 49.9 Å². The third-order valence-electron chi connectivity index (χ3n) is 6.73. The number of fused-ring (bicyclic) bond motifs is 1. The Balaban J connectivity index is 1.64. The molecule has 5 rings (SSSR count). The summed E-state index contributed by atoms with van der Waals surface area (Å²) in [4.78, 5) is 32.8. The minimum atomic E-state index is -0.690. The molecule has 1 aliphatic rings. The number of aromatic nitrogens is 2. The highest BCUT2D eigenvalue weighted by molar-refractivity contribution is 6.46. The molecule has 4 aromatic rings. The first kappa shape index (κ1) is 22.6. The van der Waals surface area contributed by atoms with E-state index in [0.717, 1.165) is 22.3 Å². The van der Waals surface area contributed by atoms with Gasteiger partial charge in [-0.2, -0.15) is 0 Å². The van der Waals surface area contributed by atoms with Crippen molar-refractivity contribution in [3.05, 3.63) is 112 Å². The van der Waals surface area contributed by atoms with E-state index in [1.54, 1.807) is 4.90 Å². The lowest BCUT2D eigenvalue weighted by molar-refractivity contribution is -0.139. The molecular weight excluding hydrogens is 438 g/mol. The highest BCUT2D eigenvalue weighted by atomic mass is 16.3. The maximum atomic E-state index is 13.3. The molecule has 0 radical (unpaired) electrons. The van der Waals surface area contributed by atoms with Gasteiger partial charge in [-0.15, -0.1) is 0 Å². The number of likely N-dealkylation sites (tertiary alicyclic amines) is 1. The van der Waals surface area contributed by atoms with Crippen molar-refractivity contribution in [1.29, 1.82) is 0 Å². The van der Waals surface area contributed by atoms with Crippen LogP contribution in [0, 0.1) is 20.8 Å². The molecule has 1 fully saturated rings. The van der Waals surface area contributed by atoms with Crippen molar-refractivity contribution in [1.82, 2.24) is 14.3 Å². The molecule has 2 aromatic carbocycles. The molecule has 176 valence electrons. The van der Waals surface area contributed by atoms with Crippen LogP contribution in [0.3, 0.4) is 0 Å². The number of aliphatic hydroxyl groups is 1. The van der Waals surface area contributed by atoms with E-state index in [2.05, 4.69) is 4.98 Å². The lowest BCUT2D eigenvalue weighted by Crippen LogP contribution is -2.31. The highest BCUT2D eigenvalue weighted by Gasteiger charge is 2.46. The fourth-order valence-corrected chi connectivity index (χ4v) is 4.77. The Morgan fingerprint density at radius 1 is 0.943 bits per heavy atom. The van der Waals surface area contributed by atoms with Crippen LogP contribution in [-0.2, 0) is 16.0 Å². The van der Waals surface area contributed by atoms with E-state index in [1.165, 1.54) is 0 Å². The van der Waals surface area contributed by atoms with Crippen LogP contribution in [0.1, 0.15) is 39.7 Å². The summed E-state index contributed by atoms with van der Waals surface area (Å²) in [6.07, 6.45) is 2.47. The molecule has 1 atom stereocenters. The molecule has 0 aliphatic carbocycles. The van der Waals surface area contributed by atoms with Crippen LogP contribution in [0.25, 0.3) is 11.4 Å². The number of nitrogens with zero attached hydrogens (tertiary/aromatic N) is 3. The van der Waals surface area contributed by atoms with Crippen molar-refractivity contribution < 1.29 is 14.7 Å². The van der Waals surface area contributed by atoms with Crippen LogP contribution in [0.4, 0.5) is 0 Å². The van der Waals surface area contributed by atoms with E-state index in [-0.39, 0.29) is 11.3 Å². The van der Waals surface area contributed by atoms with Crippen LogP contribution in [-0.4, -0.2) is 37.6 Å². The Bertz CT molecular complexity index is 1470. The quantitative estimate of drug-likeness (QED) is 0.258. The van der Waals surface area contributed by atoms with Gasteiger partial charge in [0.15, 0.2) is 5.76 Å². The number of imidazole rings is 1. The molecule has 1 unspecified atom stereocenters. The number of aliphatic hydroxyl groups excluding tert-OH is 1. The number of hydrogen-bond donors (Lipinski definition) is 1. The van der Waals surface area contributed by atoms with E-state index in [0.29, 0.717) is 30.0 Å². The van der Waals surface area contributed by atoms with Crippen molar-refractivity contribution in [2.45, 2.75) is 33.2 Å². The molecule has 1 amide bonds. The molecule has 1 saturated heterocycles. The summed E-state index contributed by atoms with van der Waals surface area (Å²) in [5, 5.41) is 11.5. The van der Waals surface area contributed by atoms with Crippen molar-refractivity contribution in [2.24, 2.45) is 0 Å². The van der Waals surface area contributed by atoms with E-state index in [1.807, 2.05) is 98.1 Å². The average molecular weight is 466 g/mol. The van der Waals surface area contributed by atoms with E-state index >= 15 is 0 Å². The number of hydrogen-bond acceptors (Lipinski definition) is 4. The Hall–Kier alpha value is -4.19. The molecule has 3 heterocycles. The van der Waals surface area contributed by atoms with Crippen LogP contribution in [0.2, 0.25) is 0 Å². The van der Waals surface area contributed by atoms with Gasteiger partial charge in [0.1, 0.15) is 11.3 Å². The summed E-state index contributed by atoms with van der Waals surface area (Å²) < 4.78 is 1.89. The van der Waals surface area contributed by atoms with Gasteiger partial charge in [-0.1, -0.05) is 66.2 Å². The fourth-order valence-electron chi connectivity index (χ4n) is 4.77. The lowest BCUT2D eigenvalue weighted by Gasteiger charge is -2.25. The van der Waals surface area contributed by atoms with Gasteiger partial charge in [0.25, 0.3) is 11.7 Å².